The molecule has 2 aliphatic rings. The molecule has 1 aromatic rings. The molecule has 3 rings (SSSR count). The molecule has 1 N–H and O–H groups in total. The highest BCUT2D eigenvalue weighted by Crippen LogP contribution is 2.22. The van der Waals surface area contributed by atoms with Gasteiger partial charge in [0.1, 0.15) is 0 Å². The van der Waals surface area contributed by atoms with Gasteiger partial charge in [-0.2, -0.15) is 0 Å². The van der Waals surface area contributed by atoms with Crippen molar-refractivity contribution in [3.8, 4) is 0 Å². The number of piperazine rings is 1. The van der Waals surface area contributed by atoms with Crippen LogP contribution in [0.2, 0.25) is 0 Å². The molecule has 120 valence electrons. The lowest BCUT2D eigenvalue weighted by Crippen LogP contribution is -2.50. The van der Waals surface area contributed by atoms with Gasteiger partial charge >= 0.3 is 0 Å². The fourth-order valence-electron chi connectivity index (χ4n) is 3.05. The lowest BCUT2D eigenvalue weighted by Gasteiger charge is -2.35. The van der Waals surface area contributed by atoms with Gasteiger partial charge < -0.3 is 14.7 Å². The molecule has 1 unspecified atom stereocenters. The summed E-state index contributed by atoms with van der Waals surface area (Å²) in [5.74, 6) is 0.102. The number of aliphatic hydroxyl groups excluding tert-OH is 1. The van der Waals surface area contributed by atoms with Gasteiger partial charge in [0.15, 0.2) is 0 Å². The van der Waals surface area contributed by atoms with Gasteiger partial charge in [0.05, 0.1) is 19.3 Å². The number of rotatable bonds is 4. The first-order chi connectivity index (χ1) is 10.7. The van der Waals surface area contributed by atoms with Gasteiger partial charge in [-0.05, 0) is 29.7 Å². The van der Waals surface area contributed by atoms with Crippen molar-refractivity contribution in [1.29, 1.82) is 0 Å². The molecule has 2 heterocycles. The number of aliphatic hydroxyl groups is 1. The molecule has 1 atom stereocenters. The highest BCUT2D eigenvalue weighted by atomic mass is 16.5. The van der Waals surface area contributed by atoms with E-state index in [-0.39, 0.29) is 12.0 Å². The number of β-amino-alcohol motifs (C(OH)–C–C–N with tert-alkyl or cyclic N) is 1. The van der Waals surface area contributed by atoms with Crippen LogP contribution in [0.1, 0.15) is 34.8 Å². The van der Waals surface area contributed by atoms with E-state index < -0.39 is 0 Å². The standard InChI is InChI=1S/C17H24N2O3/c1-2-16(20)10-18-5-7-19(8-6-18)17(21)13-3-4-14-11-22-12-15(14)9-13/h3-4,9,16,20H,2,5-8,10-12H2,1H3. The monoisotopic (exact) mass is 304 g/mol. The zero-order valence-corrected chi connectivity index (χ0v) is 13.1. The van der Waals surface area contributed by atoms with Crippen molar-refractivity contribution in [2.24, 2.45) is 0 Å². The summed E-state index contributed by atoms with van der Waals surface area (Å²) in [5, 5.41) is 9.72. The SMILES string of the molecule is CCC(O)CN1CCN(C(=O)c2ccc3c(c2)COC3)CC1. The van der Waals surface area contributed by atoms with E-state index in [1.54, 1.807) is 0 Å². The summed E-state index contributed by atoms with van der Waals surface area (Å²) in [5.41, 5.74) is 3.08. The molecule has 1 fully saturated rings. The van der Waals surface area contributed by atoms with Crippen LogP contribution in [0, 0.1) is 0 Å². The van der Waals surface area contributed by atoms with Crippen LogP contribution < -0.4 is 0 Å². The van der Waals surface area contributed by atoms with E-state index in [4.69, 9.17) is 4.74 Å². The molecule has 22 heavy (non-hydrogen) atoms. The average molecular weight is 304 g/mol. The summed E-state index contributed by atoms with van der Waals surface area (Å²) < 4.78 is 5.40. The maximum atomic E-state index is 12.6. The third kappa shape index (κ3) is 3.32. The first kappa shape index (κ1) is 15.5. The lowest BCUT2D eigenvalue weighted by atomic mass is 10.1. The maximum Gasteiger partial charge on any atom is 0.253 e. The number of hydrogen-bond acceptors (Lipinski definition) is 4. The van der Waals surface area contributed by atoms with E-state index in [1.165, 1.54) is 5.56 Å². The average Bonchev–Trinajstić information content (AvgIpc) is 3.02. The number of amides is 1. The van der Waals surface area contributed by atoms with Crippen LogP contribution in [0.15, 0.2) is 18.2 Å². The van der Waals surface area contributed by atoms with Crippen molar-refractivity contribution in [2.75, 3.05) is 32.7 Å². The van der Waals surface area contributed by atoms with Gasteiger partial charge in [-0.3, -0.25) is 9.69 Å². The van der Waals surface area contributed by atoms with Gasteiger partial charge in [-0.15, -0.1) is 0 Å². The highest BCUT2D eigenvalue weighted by molar-refractivity contribution is 5.94. The third-order valence-corrected chi connectivity index (χ3v) is 4.57. The minimum absolute atomic E-state index is 0.102. The minimum atomic E-state index is -0.265. The van der Waals surface area contributed by atoms with E-state index in [2.05, 4.69) is 4.90 Å². The lowest BCUT2D eigenvalue weighted by molar-refractivity contribution is 0.0523. The second kappa shape index (κ2) is 6.77. The zero-order chi connectivity index (χ0) is 15.5. The number of hydrogen-bond donors (Lipinski definition) is 1. The van der Waals surface area contributed by atoms with E-state index >= 15 is 0 Å². The number of ether oxygens (including phenoxy) is 1. The smallest absolute Gasteiger partial charge is 0.253 e. The largest absolute Gasteiger partial charge is 0.392 e. The Morgan fingerprint density at radius 2 is 1.95 bits per heavy atom. The molecule has 0 radical (unpaired) electrons. The summed E-state index contributed by atoms with van der Waals surface area (Å²) in [6.45, 7) is 7.07. The van der Waals surface area contributed by atoms with Crippen LogP contribution in [-0.4, -0.2) is 59.6 Å². The van der Waals surface area contributed by atoms with E-state index in [0.29, 0.717) is 19.8 Å². The predicted octanol–water partition coefficient (Wildman–Crippen LogP) is 1.25. The third-order valence-electron chi connectivity index (χ3n) is 4.57. The number of carbonyl (C=O) groups excluding carboxylic acids is 1. The molecule has 5 nitrogen and oxygen atoms in total. The molecule has 0 spiro atoms. The Hall–Kier alpha value is -1.43. The first-order valence-electron chi connectivity index (χ1n) is 8.06. The summed E-state index contributed by atoms with van der Waals surface area (Å²) in [7, 11) is 0. The second-order valence-corrected chi connectivity index (χ2v) is 6.13. The van der Waals surface area contributed by atoms with Crippen molar-refractivity contribution >= 4 is 5.91 Å². The topological polar surface area (TPSA) is 53.0 Å². The Morgan fingerprint density at radius 1 is 1.23 bits per heavy atom. The Balaban J connectivity index is 1.58. The fraction of sp³-hybridized carbons (Fsp3) is 0.588. The van der Waals surface area contributed by atoms with Gasteiger partial charge in [-0.1, -0.05) is 13.0 Å². The quantitative estimate of drug-likeness (QED) is 0.909. The number of nitrogens with zero attached hydrogens (tertiary/aromatic N) is 2. The normalized spacial score (nSPS) is 20.0. The van der Waals surface area contributed by atoms with Crippen molar-refractivity contribution < 1.29 is 14.6 Å². The molecule has 0 bridgehead atoms. The molecule has 1 amide bonds. The van der Waals surface area contributed by atoms with Crippen LogP contribution in [0.5, 0.6) is 0 Å². The van der Waals surface area contributed by atoms with Crippen LogP contribution in [-0.2, 0) is 18.0 Å². The van der Waals surface area contributed by atoms with Crippen LogP contribution in [0.3, 0.4) is 0 Å². The highest BCUT2D eigenvalue weighted by Gasteiger charge is 2.24. The molecule has 0 saturated carbocycles. The number of benzene rings is 1. The van der Waals surface area contributed by atoms with Crippen molar-refractivity contribution in [3.63, 3.8) is 0 Å². The Kier molecular flexibility index (Phi) is 4.76. The summed E-state index contributed by atoms with van der Waals surface area (Å²) in [6, 6.07) is 5.88. The van der Waals surface area contributed by atoms with E-state index in [0.717, 1.165) is 43.7 Å². The second-order valence-electron chi connectivity index (χ2n) is 6.13. The zero-order valence-electron chi connectivity index (χ0n) is 13.1. The van der Waals surface area contributed by atoms with Gasteiger partial charge in [0, 0.05) is 38.3 Å². The van der Waals surface area contributed by atoms with Crippen LogP contribution in [0.25, 0.3) is 0 Å². The summed E-state index contributed by atoms with van der Waals surface area (Å²) >= 11 is 0. The summed E-state index contributed by atoms with van der Waals surface area (Å²) in [4.78, 5) is 16.7. The Bertz CT molecular complexity index is 539. The molecule has 1 aromatic carbocycles. The van der Waals surface area contributed by atoms with Crippen LogP contribution >= 0.6 is 0 Å². The van der Waals surface area contributed by atoms with Crippen molar-refractivity contribution in [2.45, 2.75) is 32.7 Å². The summed E-state index contributed by atoms with van der Waals surface area (Å²) in [6.07, 6.45) is 0.509. The molecule has 0 aliphatic carbocycles. The van der Waals surface area contributed by atoms with Gasteiger partial charge in [-0.25, -0.2) is 0 Å². The fourth-order valence-corrected chi connectivity index (χ4v) is 3.05. The van der Waals surface area contributed by atoms with Crippen LogP contribution in [0.4, 0.5) is 0 Å². The van der Waals surface area contributed by atoms with Gasteiger partial charge in [0.25, 0.3) is 5.91 Å². The maximum absolute atomic E-state index is 12.6. The molecular formula is C17H24N2O3. The van der Waals surface area contributed by atoms with E-state index in [9.17, 15) is 9.90 Å². The predicted molar refractivity (Wildman–Crippen MR) is 83.6 cm³/mol. The van der Waals surface area contributed by atoms with E-state index in [1.807, 2.05) is 30.0 Å². The Morgan fingerprint density at radius 3 is 2.68 bits per heavy atom. The van der Waals surface area contributed by atoms with Crippen molar-refractivity contribution in [1.82, 2.24) is 9.80 Å². The molecule has 0 aromatic heterocycles. The molecule has 1 saturated heterocycles. The van der Waals surface area contributed by atoms with Gasteiger partial charge in [0.2, 0.25) is 0 Å². The van der Waals surface area contributed by atoms with Crippen molar-refractivity contribution in [3.05, 3.63) is 34.9 Å². The molecule has 5 heteroatoms. The first-order valence-corrected chi connectivity index (χ1v) is 8.06. The Labute approximate surface area is 131 Å². The minimum Gasteiger partial charge on any atom is -0.392 e. The molecular weight excluding hydrogens is 280 g/mol. The number of carbonyl (C=O) groups is 1. The molecule has 2 aliphatic heterocycles. The number of fused-ring (bicyclic) bond motifs is 1.